The lowest BCUT2D eigenvalue weighted by Gasteiger charge is -2.09. The quantitative estimate of drug-likeness (QED) is 0.907. The summed E-state index contributed by atoms with van der Waals surface area (Å²) in [6, 6.07) is 5.58. The second kappa shape index (κ2) is 5.43. The molecule has 0 radical (unpaired) electrons. The minimum absolute atomic E-state index is 0.0360. The first-order valence-electron chi connectivity index (χ1n) is 7.43. The highest BCUT2D eigenvalue weighted by atomic mass is 32.2. The molecule has 1 aromatic carbocycles. The third-order valence-corrected chi connectivity index (χ3v) is 6.29. The van der Waals surface area contributed by atoms with Crippen LogP contribution in [0.2, 0.25) is 0 Å². The summed E-state index contributed by atoms with van der Waals surface area (Å²) in [5.41, 5.74) is 3.87. The Kier molecular flexibility index (Phi) is 3.72. The Morgan fingerprint density at radius 3 is 2.82 bits per heavy atom. The van der Waals surface area contributed by atoms with Crippen LogP contribution in [0.3, 0.4) is 0 Å². The molecular weight excluding hydrogens is 300 g/mol. The van der Waals surface area contributed by atoms with Crippen molar-refractivity contribution in [2.75, 3.05) is 18.1 Å². The van der Waals surface area contributed by atoms with Gasteiger partial charge in [0.25, 0.3) is 5.91 Å². The second-order valence-corrected chi connectivity index (χ2v) is 8.34. The van der Waals surface area contributed by atoms with Gasteiger partial charge in [0.1, 0.15) is 0 Å². The summed E-state index contributed by atoms with van der Waals surface area (Å²) in [5.74, 6) is 0.308. The van der Waals surface area contributed by atoms with Crippen LogP contribution in [-0.4, -0.2) is 37.4 Å². The molecule has 1 amide bonds. The van der Waals surface area contributed by atoms with Crippen LogP contribution in [-0.2, 0) is 9.84 Å². The van der Waals surface area contributed by atoms with Gasteiger partial charge in [0.2, 0.25) is 0 Å². The second-order valence-electron chi connectivity index (χ2n) is 6.11. The molecule has 0 saturated carbocycles. The molecule has 1 fully saturated rings. The molecule has 1 atom stereocenters. The number of rotatable bonds is 3. The van der Waals surface area contributed by atoms with Gasteiger partial charge in [-0.1, -0.05) is 0 Å². The topological polar surface area (TPSA) is 79.0 Å². The molecule has 0 unspecified atom stereocenters. The van der Waals surface area contributed by atoms with Crippen LogP contribution in [0, 0.1) is 19.8 Å². The minimum Gasteiger partial charge on any atom is -0.358 e. The number of nitrogens with one attached hydrogen (secondary N) is 2. The highest BCUT2D eigenvalue weighted by Gasteiger charge is 2.28. The molecule has 2 N–H and O–H groups in total. The number of hydrogen-bond acceptors (Lipinski definition) is 3. The van der Waals surface area contributed by atoms with Gasteiger partial charge in [-0.3, -0.25) is 4.79 Å². The van der Waals surface area contributed by atoms with E-state index < -0.39 is 9.84 Å². The number of aryl methyl sites for hydroxylation is 2. The van der Waals surface area contributed by atoms with Crippen molar-refractivity contribution >= 4 is 26.6 Å². The van der Waals surface area contributed by atoms with E-state index in [1.165, 1.54) is 0 Å². The summed E-state index contributed by atoms with van der Waals surface area (Å²) in [5, 5.41) is 3.91. The van der Waals surface area contributed by atoms with Crippen molar-refractivity contribution in [2.45, 2.75) is 20.3 Å². The van der Waals surface area contributed by atoms with Crippen LogP contribution in [0.4, 0.5) is 0 Å². The van der Waals surface area contributed by atoms with Crippen molar-refractivity contribution in [1.82, 2.24) is 10.3 Å². The smallest absolute Gasteiger partial charge is 0.251 e. The fraction of sp³-hybridized carbons (Fsp3) is 0.438. The zero-order valence-electron chi connectivity index (χ0n) is 12.8. The Bertz CT molecular complexity index is 836. The third kappa shape index (κ3) is 2.88. The summed E-state index contributed by atoms with van der Waals surface area (Å²) < 4.78 is 22.9. The predicted molar refractivity (Wildman–Crippen MR) is 86.9 cm³/mol. The van der Waals surface area contributed by atoms with Gasteiger partial charge >= 0.3 is 0 Å². The van der Waals surface area contributed by atoms with Crippen molar-refractivity contribution in [3.63, 3.8) is 0 Å². The van der Waals surface area contributed by atoms with Gasteiger partial charge in [-0.25, -0.2) is 8.42 Å². The summed E-state index contributed by atoms with van der Waals surface area (Å²) in [6.07, 6.45) is 0.637. The van der Waals surface area contributed by atoms with Crippen molar-refractivity contribution in [2.24, 2.45) is 5.92 Å². The number of amides is 1. The number of benzene rings is 1. The van der Waals surface area contributed by atoms with E-state index in [1.807, 2.05) is 26.0 Å². The first kappa shape index (κ1) is 15.1. The number of sulfone groups is 1. The van der Waals surface area contributed by atoms with Crippen LogP contribution in [0.15, 0.2) is 18.2 Å². The molecular formula is C16H20N2O3S. The maximum absolute atomic E-state index is 12.3. The highest BCUT2D eigenvalue weighted by Crippen LogP contribution is 2.22. The van der Waals surface area contributed by atoms with Crippen LogP contribution >= 0.6 is 0 Å². The van der Waals surface area contributed by atoms with Gasteiger partial charge in [0.15, 0.2) is 9.84 Å². The number of carbonyl (C=O) groups excluding carboxylic acids is 1. The first-order chi connectivity index (χ1) is 10.4. The summed E-state index contributed by atoms with van der Waals surface area (Å²) >= 11 is 0. The Morgan fingerprint density at radius 2 is 2.14 bits per heavy atom. The molecule has 0 bridgehead atoms. The first-order valence-corrected chi connectivity index (χ1v) is 9.25. The lowest BCUT2D eigenvalue weighted by Crippen LogP contribution is -2.29. The maximum atomic E-state index is 12.3. The van der Waals surface area contributed by atoms with E-state index in [4.69, 9.17) is 0 Å². The number of hydrogen-bond donors (Lipinski definition) is 2. The van der Waals surface area contributed by atoms with Crippen molar-refractivity contribution in [3.05, 3.63) is 35.0 Å². The van der Waals surface area contributed by atoms with E-state index in [1.54, 1.807) is 6.07 Å². The predicted octanol–water partition coefficient (Wildman–Crippen LogP) is 1.95. The van der Waals surface area contributed by atoms with Crippen molar-refractivity contribution in [1.29, 1.82) is 0 Å². The molecule has 3 rings (SSSR count). The summed E-state index contributed by atoms with van der Waals surface area (Å²) in [4.78, 5) is 15.5. The van der Waals surface area contributed by atoms with Gasteiger partial charge in [-0.2, -0.15) is 0 Å². The van der Waals surface area contributed by atoms with Crippen LogP contribution in [0.25, 0.3) is 10.9 Å². The van der Waals surface area contributed by atoms with E-state index in [0.717, 1.165) is 22.2 Å². The van der Waals surface area contributed by atoms with E-state index >= 15 is 0 Å². The monoisotopic (exact) mass is 320 g/mol. The summed E-state index contributed by atoms with van der Waals surface area (Å²) in [6.45, 7) is 4.45. The maximum Gasteiger partial charge on any atom is 0.251 e. The van der Waals surface area contributed by atoms with E-state index in [2.05, 4.69) is 10.3 Å². The molecule has 5 nitrogen and oxygen atoms in total. The molecule has 1 aromatic heterocycles. The molecule has 0 aliphatic carbocycles. The average Bonchev–Trinajstić information content (AvgIpc) is 2.96. The third-order valence-electron chi connectivity index (χ3n) is 4.45. The zero-order chi connectivity index (χ0) is 15.9. The number of carbonyl (C=O) groups is 1. The zero-order valence-corrected chi connectivity index (χ0v) is 13.6. The largest absolute Gasteiger partial charge is 0.358 e. The number of aromatic amines is 1. The average molecular weight is 320 g/mol. The fourth-order valence-corrected chi connectivity index (χ4v) is 4.84. The minimum atomic E-state index is -2.90. The Balaban J connectivity index is 1.71. The normalized spacial score (nSPS) is 20.4. The van der Waals surface area contributed by atoms with Gasteiger partial charge in [0, 0.05) is 28.7 Å². The van der Waals surface area contributed by atoms with Gasteiger partial charge in [-0.05, 0) is 49.9 Å². The molecule has 22 heavy (non-hydrogen) atoms. The van der Waals surface area contributed by atoms with E-state index in [0.29, 0.717) is 18.5 Å². The van der Waals surface area contributed by atoms with Crippen LogP contribution in [0.5, 0.6) is 0 Å². The molecule has 1 saturated heterocycles. The van der Waals surface area contributed by atoms with E-state index in [9.17, 15) is 13.2 Å². The van der Waals surface area contributed by atoms with Crippen molar-refractivity contribution in [3.8, 4) is 0 Å². The number of aromatic nitrogens is 1. The molecule has 2 heterocycles. The Hall–Kier alpha value is -1.82. The number of H-pyrrole nitrogens is 1. The van der Waals surface area contributed by atoms with Gasteiger partial charge < -0.3 is 10.3 Å². The van der Waals surface area contributed by atoms with Gasteiger partial charge in [0.05, 0.1) is 11.5 Å². The fourth-order valence-electron chi connectivity index (χ4n) is 2.97. The highest BCUT2D eigenvalue weighted by molar-refractivity contribution is 7.91. The van der Waals surface area contributed by atoms with Crippen LogP contribution in [0.1, 0.15) is 28.0 Å². The SMILES string of the molecule is Cc1[nH]c2ccc(C(=O)NC[C@H]3CCS(=O)(=O)C3)cc2c1C. The van der Waals surface area contributed by atoms with Crippen molar-refractivity contribution < 1.29 is 13.2 Å². The molecule has 118 valence electrons. The molecule has 2 aromatic rings. The molecule has 6 heteroatoms. The van der Waals surface area contributed by atoms with E-state index in [-0.39, 0.29) is 23.3 Å². The molecule has 1 aliphatic rings. The number of fused-ring (bicyclic) bond motifs is 1. The lowest BCUT2D eigenvalue weighted by molar-refractivity contribution is 0.0948. The molecule has 1 aliphatic heterocycles. The lowest BCUT2D eigenvalue weighted by atomic mass is 10.1. The molecule has 0 spiro atoms. The van der Waals surface area contributed by atoms with Crippen LogP contribution < -0.4 is 5.32 Å². The standard InChI is InChI=1S/C16H20N2O3S/c1-10-11(2)18-15-4-3-13(7-14(10)15)16(19)17-8-12-5-6-22(20,21)9-12/h3-4,7,12,18H,5-6,8-9H2,1-2H3,(H,17,19)/t12-/m1/s1. The van der Waals surface area contributed by atoms with Gasteiger partial charge in [-0.15, -0.1) is 0 Å². The summed E-state index contributed by atoms with van der Waals surface area (Å²) in [7, 11) is -2.90. The Morgan fingerprint density at radius 1 is 1.36 bits per heavy atom. The Labute approximate surface area is 130 Å².